The number of nitrogens with zero attached hydrogens (tertiary/aromatic N) is 2. The minimum Gasteiger partial charge on any atom is -0.324 e. The molecular formula is C15H21N3O3. The average Bonchev–Trinajstić information content (AvgIpc) is 2.42. The summed E-state index contributed by atoms with van der Waals surface area (Å²) in [5.74, 6) is 0.518. The molecule has 6 heteroatoms. The van der Waals surface area contributed by atoms with E-state index in [9.17, 15) is 14.9 Å². The van der Waals surface area contributed by atoms with Gasteiger partial charge in [-0.1, -0.05) is 6.92 Å². The summed E-state index contributed by atoms with van der Waals surface area (Å²) < 4.78 is 0. The van der Waals surface area contributed by atoms with Crippen molar-refractivity contribution in [2.45, 2.75) is 33.6 Å². The first-order valence-electron chi connectivity index (χ1n) is 7.20. The lowest BCUT2D eigenvalue weighted by atomic mass is 10.0. The van der Waals surface area contributed by atoms with Crippen molar-refractivity contribution in [1.82, 2.24) is 4.90 Å². The van der Waals surface area contributed by atoms with E-state index >= 15 is 0 Å². The number of nitrogens with one attached hydrogen (secondary N) is 1. The first-order chi connectivity index (χ1) is 9.88. The molecule has 0 saturated carbocycles. The molecule has 1 unspecified atom stereocenters. The highest BCUT2D eigenvalue weighted by molar-refractivity contribution is 5.90. The molecule has 21 heavy (non-hydrogen) atoms. The maximum absolute atomic E-state index is 12.3. The maximum atomic E-state index is 12.3. The number of nitro benzene ring substituents is 1. The van der Waals surface area contributed by atoms with Crippen molar-refractivity contribution < 1.29 is 9.72 Å². The number of piperidine rings is 1. The second-order valence-corrected chi connectivity index (χ2v) is 5.83. The van der Waals surface area contributed by atoms with Crippen molar-refractivity contribution in [3.05, 3.63) is 33.4 Å². The van der Waals surface area contributed by atoms with E-state index in [-0.39, 0.29) is 11.7 Å². The summed E-state index contributed by atoms with van der Waals surface area (Å²) in [5, 5.41) is 13.8. The van der Waals surface area contributed by atoms with Crippen molar-refractivity contribution in [3.8, 4) is 0 Å². The van der Waals surface area contributed by atoms with Crippen LogP contribution in [0.25, 0.3) is 0 Å². The Morgan fingerprint density at radius 2 is 2.10 bits per heavy atom. The first kappa shape index (κ1) is 15.3. The third kappa shape index (κ3) is 3.51. The fourth-order valence-corrected chi connectivity index (χ4v) is 2.70. The van der Waals surface area contributed by atoms with Gasteiger partial charge in [-0.3, -0.25) is 10.1 Å². The van der Waals surface area contributed by atoms with Gasteiger partial charge in [0.25, 0.3) is 5.69 Å². The first-order valence-corrected chi connectivity index (χ1v) is 7.20. The zero-order valence-electron chi connectivity index (χ0n) is 12.7. The highest BCUT2D eigenvalue weighted by atomic mass is 16.6. The number of benzene rings is 1. The van der Waals surface area contributed by atoms with Gasteiger partial charge in [0, 0.05) is 30.4 Å². The lowest BCUT2D eigenvalue weighted by Gasteiger charge is -2.31. The Hall–Kier alpha value is -2.11. The zero-order valence-corrected chi connectivity index (χ0v) is 12.7. The predicted molar refractivity (Wildman–Crippen MR) is 81.6 cm³/mol. The minimum atomic E-state index is -0.403. The lowest BCUT2D eigenvalue weighted by molar-refractivity contribution is -0.385. The third-order valence-corrected chi connectivity index (χ3v) is 3.93. The van der Waals surface area contributed by atoms with Crippen LogP contribution in [0.1, 0.15) is 30.9 Å². The number of hydrogen-bond donors (Lipinski definition) is 1. The van der Waals surface area contributed by atoms with Crippen LogP contribution in [-0.4, -0.2) is 28.9 Å². The number of amides is 2. The molecule has 0 aromatic heterocycles. The molecule has 1 aromatic rings. The van der Waals surface area contributed by atoms with Crippen LogP contribution in [0.2, 0.25) is 0 Å². The molecule has 2 rings (SSSR count). The van der Waals surface area contributed by atoms with Crippen molar-refractivity contribution in [2.24, 2.45) is 5.92 Å². The Morgan fingerprint density at radius 3 is 2.71 bits per heavy atom. The fourth-order valence-electron chi connectivity index (χ4n) is 2.70. The van der Waals surface area contributed by atoms with E-state index in [4.69, 9.17) is 0 Å². The summed E-state index contributed by atoms with van der Waals surface area (Å²) >= 11 is 0. The second kappa shape index (κ2) is 6.11. The van der Waals surface area contributed by atoms with E-state index in [0.717, 1.165) is 25.9 Å². The smallest absolute Gasteiger partial charge is 0.321 e. The maximum Gasteiger partial charge on any atom is 0.321 e. The van der Waals surface area contributed by atoms with Crippen LogP contribution in [-0.2, 0) is 0 Å². The Balaban J connectivity index is 2.14. The number of aryl methyl sites for hydroxylation is 2. The van der Waals surface area contributed by atoms with Gasteiger partial charge in [0.05, 0.1) is 4.92 Å². The molecule has 0 bridgehead atoms. The van der Waals surface area contributed by atoms with Gasteiger partial charge in [-0.25, -0.2) is 4.79 Å². The van der Waals surface area contributed by atoms with E-state index in [1.807, 2.05) is 4.90 Å². The number of carbonyl (C=O) groups excluding carboxylic acids is 1. The quantitative estimate of drug-likeness (QED) is 0.669. The SMILES string of the molecule is Cc1cc([N+](=O)[O-])c(C)cc1NC(=O)N1CCCC(C)C1. The predicted octanol–water partition coefficient (Wildman–Crippen LogP) is 3.48. The van der Waals surface area contributed by atoms with Gasteiger partial charge in [0.2, 0.25) is 0 Å². The van der Waals surface area contributed by atoms with Gasteiger partial charge < -0.3 is 10.2 Å². The molecule has 0 spiro atoms. The van der Waals surface area contributed by atoms with E-state index < -0.39 is 4.92 Å². The van der Waals surface area contributed by atoms with Crippen LogP contribution in [0.5, 0.6) is 0 Å². The standard InChI is InChI=1S/C15H21N3O3/c1-10-5-4-6-17(9-10)15(19)16-13-7-12(3)14(18(20)21)8-11(13)2/h7-8,10H,4-6,9H2,1-3H3,(H,16,19). The molecule has 1 aliphatic heterocycles. The van der Waals surface area contributed by atoms with Gasteiger partial charge in [-0.05, 0) is 44.2 Å². The molecule has 1 heterocycles. The molecule has 6 nitrogen and oxygen atoms in total. The summed E-state index contributed by atoms with van der Waals surface area (Å²) in [4.78, 5) is 24.6. The molecule has 2 amide bonds. The Labute approximate surface area is 124 Å². The van der Waals surface area contributed by atoms with Gasteiger partial charge >= 0.3 is 6.03 Å². The second-order valence-electron chi connectivity index (χ2n) is 5.83. The Kier molecular flexibility index (Phi) is 4.45. The van der Waals surface area contributed by atoms with Crippen LogP contribution in [0.15, 0.2) is 12.1 Å². The number of rotatable bonds is 2. The highest BCUT2D eigenvalue weighted by Crippen LogP contribution is 2.26. The Morgan fingerprint density at radius 1 is 1.38 bits per heavy atom. The fraction of sp³-hybridized carbons (Fsp3) is 0.533. The number of urea groups is 1. The van der Waals surface area contributed by atoms with Gasteiger partial charge in [0.1, 0.15) is 0 Å². The minimum absolute atomic E-state index is 0.0806. The largest absolute Gasteiger partial charge is 0.324 e. The van der Waals surface area contributed by atoms with Crippen LogP contribution >= 0.6 is 0 Å². The summed E-state index contributed by atoms with van der Waals surface area (Å²) in [6.45, 7) is 7.11. The summed E-state index contributed by atoms with van der Waals surface area (Å²) in [5.41, 5.74) is 1.97. The van der Waals surface area contributed by atoms with Crippen molar-refractivity contribution in [2.75, 3.05) is 18.4 Å². The van der Waals surface area contributed by atoms with Crippen LogP contribution in [0.4, 0.5) is 16.2 Å². The van der Waals surface area contributed by atoms with Gasteiger partial charge in [-0.15, -0.1) is 0 Å². The lowest BCUT2D eigenvalue weighted by Crippen LogP contribution is -2.41. The van der Waals surface area contributed by atoms with E-state index in [1.54, 1.807) is 19.9 Å². The van der Waals surface area contributed by atoms with Crippen molar-refractivity contribution in [3.63, 3.8) is 0 Å². The molecule has 1 aromatic carbocycles. The molecule has 0 radical (unpaired) electrons. The molecule has 1 N–H and O–H groups in total. The topological polar surface area (TPSA) is 75.5 Å². The molecule has 1 atom stereocenters. The number of nitro groups is 1. The van der Waals surface area contributed by atoms with E-state index in [0.29, 0.717) is 22.7 Å². The third-order valence-electron chi connectivity index (χ3n) is 3.93. The normalized spacial score (nSPS) is 18.4. The molecule has 1 fully saturated rings. The average molecular weight is 291 g/mol. The number of anilines is 1. The summed E-state index contributed by atoms with van der Waals surface area (Å²) in [6.07, 6.45) is 2.17. The van der Waals surface area contributed by atoms with E-state index in [2.05, 4.69) is 12.2 Å². The zero-order chi connectivity index (χ0) is 15.6. The van der Waals surface area contributed by atoms with Crippen molar-refractivity contribution in [1.29, 1.82) is 0 Å². The number of likely N-dealkylation sites (tertiary alicyclic amines) is 1. The summed E-state index contributed by atoms with van der Waals surface area (Å²) in [7, 11) is 0. The highest BCUT2D eigenvalue weighted by Gasteiger charge is 2.22. The van der Waals surface area contributed by atoms with Crippen LogP contribution < -0.4 is 5.32 Å². The number of hydrogen-bond acceptors (Lipinski definition) is 3. The molecule has 1 saturated heterocycles. The number of carbonyl (C=O) groups is 1. The molecule has 1 aliphatic rings. The molecular weight excluding hydrogens is 270 g/mol. The molecule has 0 aliphatic carbocycles. The Bertz CT molecular complexity index is 572. The molecule has 114 valence electrons. The van der Waals surface area contributed by atoms with Crippen molar-refractivity contribution >= 4 is 17.4 Å². The van der Waals surface area contributed by atoms with Gasteiger partial charge in [0.15, 0.2) is 0 Å². The van der Waals surface area contributed by atoms with Gasteiger partial charge in [-0.2, -0.15) is 0 Å². The van der Waals surface area contributed by atoms with Crippen LogP contribution in [0, 0.1) is 29.9 Å². The monoisotopic (exact) mass is 291 g/mol. The van der Waals surface area contributed by atoms with Crippen LogP contribution in [0.3, 0.4) is 0 Å². The summed E-state index contributed by atoms with van der Waals surface area (Å²) in [6, 6.07) is 3.04. The van der Waals surface area contributed by atoms with E-state index in [1.165, 1.54) is 6.07 Å².